The number of benzene rings is 1. The molecule has 0 radical (unpaired) electrons. The number of urea groups is 1. The zero-order valence-corrected chi connectivity index (χ0v) is 23.5. The molecule has 5 rings (SSSR count). The fourth-order valence-corrected chi connectivity index (χ4v) is 5.42. The lowest BCUT2D eigenvalue weighted by molar-refractivity contribution is 0.00784. The number of nitrogens with zero attached hydrogens (tertiary/aromatic N) is 5. The summed E-state index contributed by atoms with van der Waals surface area (Å²) in [4.78, 5) is 36.7. The molecule has 3 amide bonds. The average Bonchev–Trinajstić information content (AvgIpc) is 3.54. The van der Waals surface area contributed by atoms with Crippen LogP contribution in [0.3, 0.4) is 0 Å². The summed E-state index contributed by atoms with van der Waals surface area (Å²) in [6.45, 7) is 8.74. The van der Waals surface area contributed by atoms with Crippen molar-refractivity contribution in [2.24, 2.45) is 0 Å². The van der Waals surface area contributed by atoms with Crippen LogP contribution < -0.4 is 9.64 Å². The van der Waals surface area contributed by atoms with Crippen molar-refractivity contribution >= 4 is 17.9 Å². The molecule has 0 saturated carbocycles. The Bertz CT molecular complexity index is 1400. The smallest absolute Gasteiger partial charge is 0.410 e. The van der Waals surface area contributed by atoms with Crippen molar-refractivity contribution in [3.8, 4) is 17.0 Å². The van der Waals surface area contributed by atoms with Gasteiger partial charge < -0.3 is 19.3 Å². The number of amides is 3. The number of carbonyl (C=O) groups is 2. The molecule has 11 heteroatoms. The number of methoxy groups -OCH3 is 1. The van der Waals surface area contributed by atoms with Crippen molar-refractivity contribution in [3.63, 3.8) is 0 Å². The van der Waals surface area contributed by atoms with Gasteiger partial charge in [-0.2, -0.15) is 10.1 Å². The number of anilines is 1. The van der Waals surface area contributed by atoms with Gasteiger partial charge in [-0.15, -0.1) is 0 Å². The van der Waals surface area contributed by atoms with E-state index in [0.29, 0.717) is 49.7 Å². The van der Waals surface area contributed by atoms with E-state index in [-0.39, 0.29) is 24.5 Å². The Hall–Kier alpha value is -4.15. The molecule has 3 aromatic rings. The Labute approximate surface area is 233 Å². The highest BCUT2D eigenvalue weighted by Crippen LogP contribution is 2.41. The Morgan fingerprint density at radius 3 is 2.58 bits per heavy atom. The number of carbonyl (C=O) groups excluding carboxylic acids is 2. The van der Waals surface area contributed by atoms with Crippen molar-refractivity contribution in [2.75, 3.05) is 31.6 Å². The summed E-state index contributed by atoms with van der Waals surface area (Å²) >= 11 is 0. The van der Waals surface area contributed by atoms with E-state index < -0.39 is 11.1 Å². The molecule has 212 valence electrons. The van der Waals surface area contributed by atoms with E-state index in [1.54, 1.807) is 41.2 Å². The average molecular weight is 551 g/mol. The third kappa shape index (κ3) is 5.20. The number of nitrogens with one attached hydrogen (secondary N) is 1. The normalized spacial score (nSPS) is 17.1. The number of pyridine rings is 1. The van der Waals surface area contributed by atoms with Crippen LogP contribution in [0.25, 0.3) is 11.1 Å². The molecule has 2 aliphatic rings. The zero-order chi connectivity index (χ0) is 28.7. The molecule has 0 aliphatic carbocycles. The van der Waals surface area contributed by atoms with Crippen LogP contribution in [0.4, 0.5) is 19.8 Å². The highest BCUT2D eigenvalue weighted by molar-refractivity contribution is 5.95. The van der Waals surface area contributed by atoms with Gasteiger partial charge in [0.1, 0.15) is 17.2 Å². The summed E-state index contributed by atoms with van der Waals surface area (Å²) in [7, 11) is 1.54. The minimum absolute atomic E-state index is 0.222. The number of rotatable bonds is 5. The SMILES string of the molecule is COc1nc(N2CC3(CCN(C(=O)OC(C)(C)C)CC3)N(Cc3cccc(F)c3C)C2=O)ccc1-c1cn[nH]c1. The molecule has 2 saturated heterocycles. The maximum absolute atomic E-state index is 14.4. The minimum atomic E-state index is -0.597. The molecule has 1 aromatic carbocycles. The molecule has 10 nitrogen and oxygen atoms in total. The standard InChI is InChI=1S/C29H35FN6O4/c1-19-20(7-6-8-23(19)30)17-36-26(37)35(24-10-9-22(25(33-24)39-5)21-15-31-32-16-21)18-29(36)11-13-34(14-12-29)27(38)40-28(2,3)4/h6-10,15-16H,11-14,17-18H2,1-5H3,(H,31,32). The van der Waals surface area contributed by atoms with Gasteiger partial charge in [0.15, 0.2) is 0 Å². The second-order valence-electron chi connectivity index (χ2n) is 11.4. The molecule has 1 spiro atoms. The number of aromatic amines is 1. The number of likely N-dealkylation sites (tertiary alicyclic amines) is 1. The first-order valence-electron chi connectivity index (χ1n) is 13.4. The number of ether oxygens (including phenoxy) is 2. The Morgan fingerprint density at radius 1 is 1.18 bits per heavy atom. The fraction of sp³-hybridized carbons (Fsp3) is 0.448. The van der Waals surface area contributed by atoms with Crippen LogP contribution in [0, 0.1) is 12.7 Å². The number of aromatic nitrogens is 3. The maximum Gasteiger partial charge on any atom is 0.410 e. The van der Waals surface area contributed by atoms with E-state index in [4.69, 9.17) is 9.47 Å². The van der Waals surface area contributed by atoms with Crippen molar-refractivity contribution < 1.29 is 23.5 Å². The Balaban J connectivity index is 1.46. The molecule has 40 heavy (non-hydrogen) atoms. The van der Waals surface area contributed by atoms with Crippen molar-refractivity contribution in [1.82, 2.24) is 25.0 Å². The first-order chi connectivity index (χ1) is 19.0. The highest BCUT2D eigenvalue weighted by atomic mass is 19.1. The van der Waals surface area contributed by atoms with Gasteiger partial charge >= 0.3 is 12.1 Å². The lowest BCUT2D eigenvalue weighted by atomic mass is 9.86. The van der Waals surface area contributed by atoms with Gasteiger partial charge in [-0.05, 0) is 69.9 Å². The molecule has 2 aliphatic heterocycles. The Kier molecular flexibility index (Phi) is 7.16. The second kappa shape index (κ2) is 10.4. The zero-order valence-electron chi connectivity index (χ0n) is 23.5. The van der Waals surface area contributed by atoms with E-state index in [1.165, 1.54) is 13.2 Å². The van der Waals surface area contributed by atoms with E-state index >= 15 is 0 Å². The minimum Gasteiger partial charge on any atom is -0.480 e. The van der Waals surface area contributed by atoms with Crippen molar-refractivity contribution in [3.05, 3.63) is 59.7 Å². The van der Waals surface area contributed by atoms with Gasteiger partial charge in [0.2, 0.25) is 5.88 Å². The summed E-state index contributed by atoms with van der Waals surface area (Å²) in [5.74, 6) is 0.525. The van der Waals surface area contributed by atoms with Crippen LogP contribution in [0.2, 0.25) is 0 Å². The summed E-state index contributed by atoms with van der Waals surface area (Å²) in [5.41, 5.74) is 1.65. The third-order valence-corrected chi connectivity index (χ3v) is 7.67. The molecular weight excluding hydrogens is 515 g/mol. The van der Waals surface area contributed by atoms with E-state index in [1.807, 2.05) is 37.8 Å². The van der Waals surface area contributed by atoms with E-state index in [2.05, 4.69) is 15.2 Å². The molecular formula is C29H35FN6O4. The number of halogens is 1. The monoisotopic (exact) mass is 550 g/mol. The van der Waals surface area contributed by atoms with E-state index in [0.717, 1.165) is 16.7 Å². The van der Waals surface area contributed by atoms with Crippen LogP contribution in [0.5, 0.6) is 5.88 Å². The van der Waals surface area contributed by atoms with Gasteiger partial charge in [-0.25, -0.2) is 14.0 Å². The molecule has 4 heterocycles. The van der Waals surface area contributed by atoms with Crippen LogP contribution in [-0.2, 0) is 11.3 Å². The first kappa shape index (κ1) is 27.4. The van der Waals surface area contributed by atoms with Crippen LogP contribution in [0.15, 0.2) is 42.7 Å². The highest BCUT2D eigenvalue weighted by Gasteiger charge is 2.52. The lowest BCUT2D eigenvalue weighted by Crippen LogP contribution is -2.55. The van der Waals surface area contributed by atoms with Gasteiger partial charge in [0.05, 0.1) is 25.4 Å². The number of hydrogen-bond acceptors (Lipinski definition) is 6. The lowest BCUT2D eigenvalue weighted by Gasteiger charge is -2.44. The number of piperidine rings is 1. The van der Waals surface area contributed by atoms with Crippen molar-refractivity contribution in [1.29, 1.82) is 0 Å². The predicted molar refractivity (Wildman–Crippen MR) is 148 cm³/mol. The van der Waals surface area contributed by atoms with Gasteiger partial charge in [-0.1, -0.05) is 12.1 Å². The molecule has 2 aromatic heterocycles. The maximum atomic E-state index is 14.4. The summed E-state index contributed by atoms with van der Waals surface area (Å²) < 4.78 is 25.6. The van der Waals surface area contributed by atoms with Crippen molar-refractivity contribution in [2.45, 2.75) is 58.2 Å². The molecule has 1 N–H and O–H groups in total. The van der Waals surface area contributed by atoms with Crippen LogP contribution in [0.1, 0.15) is 44.7 Å². The summed E-state index contributed by atoms with van der Waals surface area (Å²) in [6, 6.07) is 8.36. The molecule has 0 atom stereocenters. The van der Waals surface area contributed by atoms with Crippen LogP contribution >= 0.6 is 0 Å². The van der Waals surface area contributed by atoms with Gasteiger partial charge in [0, 0.05) is 37.0 Å². The number of hydrogen-bond donors (Lipinski definition) is 1. The van der Waals surface area contributed by atoms with Gasteiger partial charge in [-0.3, -0.25) is 10.00 Å². The second-order valence-corrected chi connectivity index (χ2v) is 11.4. The molecule has 2 fully saturated rings. The third-order valence-electron chi connectivity index (χ3n) is 7.67. The molecule has 0 bridgehead atoms. The predicted octanol–water partition coefficient (Wildman–Crippen LogP) is 5.14. The first-order valence-corrected chi connectivity index (χ1v) is 13.4. The summed E-state index contributed by atoms with van der Waals surface area (Å²) in [5, 5.41) is 6.79. The molecule has 0 unspecified atom stereocenters. The van der Waals surface area contributed by atoms with Gasteiger partial charge in [0.25, 0.3) is 0 Å². The van der Waals surface area contributed by atoms with Crippen LogP contribution in [-0.4, -0.2) is 75.0 Å². The largest absolute Gasteiger partial charge is 0.480 e. The Morgan fingerprint density at radius 2 is 1.93 bits per heavy atom. The topological polar surface area (TPSA) is 104 Å². The quantitative estimate of drug-likeness (QED) is 0.472. The fourth-order valence-electron chi connectivity index (χ4n) is 5.42. The van der Waals surface area contributed by atoms with E-state index in [9.17, 15) is 14.0 Å². The summed E-state index contributed by atoms with van der Waals surface area (Å²) in [6.07, 6.45) is 4.16. The number of H-pyrrole nitrogens is 1.